The van der Waals surface area contributed by atoms with Crippen molar-refractivity contribution in [3.8, 4) is 0 Å². The Morgan fingerprint density at radius 3 is 2.72 bits per heavy atom. The molecule has 2 aromatic heterocycles. The highest BCUT2D eigenvalue weighted by molar-refractivity contribution is 7.09. The molecule has 0 aliphatic rings. The van der Waals surface area contributed by atoms with Crippen molar-refractivity contribution in [3.63, 3.8) is 0 Å². The van der Waals surface area contributed by atoms with E-state index in [1.165, 1.54) is 4.88 Å². The molecule has 1 N–H and O–H groups in total. The lowest BCUT2D eigenvalue weighted by atomic mass is 10.3. The lowest BCUT2D eigenvalue weighted by Crippen LogP contribution is -2.32. The number of nitrogens with zero attached hydrogens (tertiary/aromatic N) is 1. The van der Waals surface area contributed by atoms with E-state index in [-0.39, 0.29) is 12.5 Å². The zero-order chi connectivity index (χ0) is 17.6. The topological polar surface area (TPSA) is 45.5 Å². The number of benzene rings is 1. The highest BCUT2D eigenvalue weighted by Crippen LogP contribution is 2.25. The molecule has 0 atom stereocenters. The van der Waals surface area contributed by atoms with Crippen molar-refractivity contribution in [2.75, 3.05) is 11.9 Å². The molecule has 0 bridgehead atoms. The molecule has 4 nitrogen and oxygen atoms in total. The van der Waals surface area contributed by atoms with Gasteiger partial charge in [0.25, 0.3) is 0 Å². The summed E-state index contributed by atoms with van der Waals surface area (Å²) in [5.41, 5.74) is 0.546. The van der Waals surface area contributed by atoms with Crippen molar-refractivity contribution < 1.29 is 9.21 Å². The van der Waals surface area contributed by atoms with Crippen molar-refractivity contribution in [3.05, 3.63) is 74.8 Å². The van der Waals surface area contributed by atoms with E-state index in [0.29, 0.717) is 28.8 Å². The summed E-state index contributed by atoms with van der Waals surface area (Å²) >= 11 is 13.7. The number of carbonyl (C=O) groups excluding carboxylic acids is 1. The maximum Gasteiger partial charge on any atom is 0.238 e. The van der Waals surface area contributed by atoms with Crippen LogP contribution in [0.5, 0.6) is 0 Å². The molecule has 0 fully saturated rings. The van der Waals surface area contributed by atoms with Crippen molar-refractivity contribution in [1.29, 1.82) is 0 Å². The molecule has 0 aliphatic carbocycles. The number of halogens is 2. The molecule has 0 saturated carbocycles. The second-order valence-corrected chi connectivity index (χ2v) is 7.35. The van der Waals surface area contributed by atoms with Gasteiger partial charge in [-0.2, -0.15) is 0 Å². The highest BCUT2D eigenvalue weighted by Gasteiger charge is 2.15. The number of nitrogens with one attached hydrogen (secondary N) is 1. The van der Waals surface area contributed by atoms with E-state index in [0.717, 1.165) is 5.76 Å². The van der Waals surface area contributed by atoms with E-state index in [1.54, 1.807) is 35.8 Å². The predicted octanol–water partition coefficient (Wildman–Crippen LogP) is 5.29. The van der Waals surface area contributed by atoms with Gasteiger partial charge >= 0.3 is 0 Å². The summed E-state index contributed by atoms with van der Waals surface area (Å²) in [7, 11) is 0. The van der Waals surface area contributed by atoms with Gasteiger partial charge in [-0.15, -0.1) is 11.3 Å². The molecule has 0 unspecified atom stereocenters. The second-order valence-electron chi connectivity index (χ2n) is 5.48. The molecule has 1 amide bonds. The van der Waals surface area contributed by atoms with Gasteiger partial charge in [-0.1, -0.05) is 29.3 Å². The Bertz CT molecular complexity index is 783. The van der Waals surface area contributed by atoms with Crippen LogP contribution in [0.25, 0.3) is 0 Å². The summed E-state index contributed by atoms with van der Waals surface area (Å²) in [5.74, 6) is 0.668. The van der Waals surface area contributed by atoms with Gasteiger partial charge in [0.05, 0.1) is 30.1 Å². The van der Waals surface area contributed by atoms with E-state index < -0.39 is 0 Å². The summed E-state index contributed by atoms with van der Waals surface area (Å²) in [4.78, 5) is 15.6. The number of hydrogen-bond acceptors (Lipinski definition) is 4. The Hall–Kier alpha value is -1.79. The zero-order valence-corrected chi connectivity index (χ0v) is 15.6. The Morgan fingerprint density at radius 2 is 2.04 bits per heavy atom. The molecule has 25 heavy (non-hydrogen) atoms. The molecular formula is C18H16Cl2N2O2S. The lowest BCUT2D eigenvalue weighted by molar-refractivity contribution is -0.117. The van der Waals surface area contributed by atoms with Gasteiger partial charge in [-0.25, -0.2) is 0 Å². The maximum absolute atomic E-state index is 12.4. The number of rotatable bonds is 7. The maximum atomic E-state index is 12.4. The van der Waals surface area contributed by atoms with Gasteiger partial charge in [0.1, 0.15) is 5.76 Å². The average molecular weight is 395 g/mol. The molecule has 130 valence electrons. The molecule has 3 aromatic rings. The van der Waals surface area contributed by atoms with Crippen LogP contribution < -0.4 is 5.32 Å². The molecule has 0 spiro atoms. The molecule has 7 heteroatoms. The monoisotopic (exact) mass is 394 g/mol. The predicted molar refractivity (Wildman–Crippen MR) is 102 cm³/mol. The van der Waals surface area contributed by atoms with Crippen LogP contribution in [0.2, 0.25) is 10.0 Å². The quantitative estimate of drug-likeness (QED) is 0.591. The van der Waals surface area contributed by atoms with E-state index >= 15 is 0 Å². The summed E-state index contributed by atoms with van der Waals surface area (Å²) in [5, 5.41) is 5.79. The van der Waals surface area contributed by atoms with E-state index in [9.17, 15) is 4.79 Å². The van der Waals surface area contributed by atoms with Crippen LogP contribution in [-0.2, 0) is 17.9 Å². The van der Waals surface area contributed by atoms with Crippen molar-refractivity contribution in [1.82, 2.24) is 4.90 Å². The van der Waals surface area contributed by atoms with Crippen LogP contribution in [0, 0.1) is 0 Å². The van der Waals surface area contributed by atoms with Crippen LogP contribution in [0.1, 0.15) is 10.6 Å². The highest BCUT2D eigenvalue weighted by atomic mass is 35.5. The largest absolute Gasteiger partial charge is 0.468 e. The van der Waals surface area contributed by atoms with Crippen LogP contribution >= 0.6 is 34.5 Å². The average Bonchev–Trinajstić information content (AvgIpc) is 3.24. The molecule has 2 heterocycles. The van der Waals surface area contributed by atoms with Crippen LogP contribution in [0.3, 0.4) is 0 Å². The fraction of sp³-hybridized carbons (Fsp3) is 0.167. The Labute approximate surface area is 160 Å². The van der Waals surface area contributed by atoms with Gasteiger partial charge in [-0.3, -0.25) is 9.69 Å². The Kier molecular flexibility index (Phi) is 6.15. The van der Waals surface area contributed by atoms with E-state index in [2.05, 4.69) is 5.32 Å². The first-order valence-electron chi connectivity index (χ1n) is 7.62. The van der Waals surface area contributed by atoms with Gasteiger partial charge in [0, 0.05) is 16.4 Å². The summed E-state index contributed by atoms with van der Waals surface area (Å²) in [6.45, 7) is 1.43. The number of furan rings is 1. The Balaban J connectivity index is 1.66. The summed E-state index contributed by atoms with van der Waals surface area (Å²) in [6.07, 6.45) is 1.63. The third-order valence-electron chi connectivity index (χ3n) is 3.49. The molecule has 0 radical (unpaired) electrons. The van der Waals surface area contributed by atoms with Gasteiger partial charge in [0.2, 0.25) is 5.91 Å². The van der Waals surface area contributed by atoms with Crippen molar-refractivity contribution in [2.24, 2.45) is 0 Å². The first-order valence-corrected chi connectivity index (χ1v) is 9.26. The smallest absolute Gasteiger partial charge is 0.238 e. The summed E-state index contributed by atoms with van der Waals surface area (Å²) in [6, 6.07) is 12.8. The van der Waals surface area contributed by atoms with E-state index in [4.69, 9.17) is 27.6 Å². The van der Waals surface area contributed by atoms with Crippen LogP contribution in [0.4, 0.5) is 5.69 Å². The number of hydrogen-bond donors (Lipinski definition) is 1. The van der Waals surface area contributed by atoms with Gasteiger partial charge in [-0.05, 0) is 41.8 Å². The number of anilines is 1. The minimum Gasteiger partial charge on any atom is -0.468 e. The number of amides is 1. The SMILES string of the molecule is O=C(CN(Cc1ccco1)Cc1cccs1)Nc1ccc(Cl)cc1Cl. The molecular weight excluding hydrogens is 379 g/mol. The molecule has 3 rings (SSSR count). The van der Waals surface area contributed by atoms with Crippen LogP contribution in [-0.4, -0.2) is 17.4 Å². The fourth-order valence-corrected chi connectivity index (χ4v) is 3.60. The second kappa shape index (κ2) is 8.54. The van der Waals surface area contributed by atoms with Crippen molar-refractivity contribution >= 4 is 46.1 Å². The van der Waals surface area contributed by atoms with Gasteiger partial charge in [0.15, 0.2) is 0 Å². The van der Waals surface area contributed by atoms with E-state index in [1.807, 2.05) is 34.5 Å². The first kappa shape index (κ1) is 18.0. The number of carbonyl (C=O) groups is 1. The summed E-state index contributed by atoms with van der Waals surface area (Å²) < 4.78 is 5.41. The number of thiophene rings is 1. The Morgan fingerprint density at radius 1 is 1.16 bits per heavy atom. The van der Waals surface area contributed by atoms with Crippen LogP contribution in [0.15, 0.2) is 58.5 Å². The van der Waals surface area contributed by atoms with Gasteiger partial charge < -0.3 is 9.73 Å². The minimum absolute atomic E-state index is 0.146. The molecule has 1 aromatic carbocycles. The fourth-order valence-electron chi connectivity index (χ4n) is 2.40. The molecule has 0 saturated heterocycles. The molecule has 0 aliphatic heterocycles. The standard InChI is InChI=1S/C18H16Cl2N2O2S/c19-13-5-6-17(16(20)9-13)21-18(23)12-22(10-14-3-1-7-24-14)11-15-4-2-8-25-15/h1-9H,10-12H2,(H,21,23). The minimum atomic E-state index is -0.146. The first-order chi connectivity index (χ1) is 12.1. The van der Waals surface area contributed by atoms with Crippen molar-refractivity contribution in [2.45, 2.75) is 13.1 Å². The third-order valence-corrected chi connectivity index (χ3v) is 4.90. The third kappa shape index (κ3) is 5.34. The normalized spacial score (nSPS) is 11.0. The lowest BCUT2D eigenvalue weighted by Gasteiger charge is -2.20. The zero-order valence-electron chi connectivity index (χ0n) is 13.2.